The number of carboxylic acids is 1. The van der Waals surface area contributed by atoms with E-state index in [1.807, 2.05) is 6.92 Å². The molecule has 0 bridgehead atoms. The molecule has 0 spiro atoms. The van der Waals surface area contributed by atoms with Crippen molar-refractivity contribution in [3.8, 4) is 0 Å². The van der Waals surface area contributed by atoms with Crippen LogP contribution in [0.4, 0.5) is 5.69 Å². The Balaban J connectivity index is 2.25. The number of sulfone groups is 1. The van der Waals surface area contributed by atoms with E-state index in [2.05, 4.69) is 5.32 Å². The number of rotatable bonds is 8. The number of anilines is 1. The fourth-order valence-corrected chi connectivity index (χ4v) is 3.56. The van der Waals surface area contributed by atoms with Crippen LogP contribution in [0.2, 0.25) is 0 Å². The third-order valence-electron chi connectivity index (χ3n) is 4.56. The second kappa shape index (κ2) is 7.53. The third kappa shape index (κ3) is 4.58. The normalized spacial score (nSPS) is 16.1. The van der Waals surface area contributed by atoms with Crippen molar-refractivity contribution in [1.82, 2.24) is 0 Å². The van der Waals surface area contributed by atoms with E-state index in [4.69, 9.17) is 9.84 Å². The number of amides is 1. The van der Waals surface area contributed by atoms with Gasteiger partial charge in [0, 0.05) is 25.2 Å². The number of carboxylic acid groups (broad SMARTS) is 1. The van der Waals surface area contributed by atoms with Crippen molar-refractivity contribution in [2.45, 2.75) is 37.5 Å². The summed E-state index contributed by atoms with van der Waals surface area (Å²) in [4.78, 5) is 23.8. The van der Waals surface area contributed by atoms with Gasteiger partial charge in [0.15, 0.2) is 9.84 Å². The first-order valence-corrected chi connectivity index (χ1v) is 10.0. The van der Waals surface area contributed by atoms with Gasteiger partial charge in [-0.15, -0.1) is 0 Å². The second-order valence-corrected chi connectivity index (χ2v) is 8.37. The smallest absolute Gasteiger partial charge is 0.335 e. The van der Waals surface area contributed by atoms with E-state index in [1.165, 1.54) is 12.1 Å². The quantitative estimate of drug-likeness (QED) is 0.681. The molecule has 1 saturated carbocycles. The highest BCUT2D eigenvalue weighted by Crippen LogP contribution is 2.45. The Morgan fingerprint density at radius 1 is 1.28 bits per heavy atom. The Hall–Kier alpha value is -1.93. The highest BCUT2D eigenvalue weighted by Gasteiger charge is 2.43. The van der Waals surface area contributed by atoms with Gasteiger partial charge in [0.2, 0.25) is 5.91 Å². The highest BCUT2D eigenvalue weighted by molar-refractivity contribution is 7.90. The number of benzene rings is 1. The lowest BCUT2D eigenvalue weighted by Crippen LogP contribution is -2.42. The van der Waals surface area contributed by atoms with E-state index < -0.39 is 21.2 Å². The molecule has 1 amide bonds. The molecule has 1 fully saturated rings. The standard InChI is InChI=1S/C17H23NO6S/c1-3-24-8-7-17(5-4-6-17)16(21)18-13-9-12(15(19)20)10-14(11-13)25(2,22)23/h9-11H,3-8H2,1-2H3,(H,18,21)(H,19,20). The Kier molecular flexibility index (Phi) is 5.84. The Morgan fingerprint density at radius 3 is 2.44 bits per heavy atom. The van der Waals surface area contributed by atoms with Gasteiger partial charge in [-0.1, -0.05) is 6.42 Å². The van der Waals surface area contributed by atoms with Crippen molar-refractivity contribution in [2.75, 3.05) is 24.8 Å². The van der Waals surface area contributed by atoms with Gasteiger partial charge < -0.3 is 15.2 Å². The largest absolute Gasteiger partial charge is 0.478 e. The zero-order valence-electron chi connectivity index (χ0n) is 14.4. The number of hydrogen-bond donors (Lipinski definition) is 2. The van der Waals surface area contributed by atoms with Crippen LogP contribution in [0.3, 0.4) is 0 Å². The van der Waals surface area contributed by atoms with Gasteiger partial charge in [0.1, 0.15) is 0 Å². The van der Waals surface area contributed by atoms with Crippen molar-refractivity contribution in [3.63, 3.8) is 0 Å². The zero-order chi connectivity index (χ0) is 18.7. The van der Waals surface area contributed by atoms with Crippen LogP contribution in [0, 0.1) is 5.41 Å². The minimum Gasteiger partial charge on any atom is -0.478 e. The van der Waals surface area contributed by atoms with Crippen molar-refractivity contribution in [1.29, 1.82) is 0 Å². The summed E-state index contributed by atoms with van der Waals surface area (Å²) >= 11 is 0. The second-order valence-electron chi connectivity index (χ2n) is 6.36. The summed E-state index contributed by atoms with van der Waals surface area (Å²) in [6.07, 6.45) is 4.01. The molecule has 0 radical (unpaired) electrons. The SMILES string of the molecule is CCOCCC1(C(=O)Nc2cc(C(=O)O)cc(S(C)(=O)=O)c2)CCC1. The van der Waals surface area contributed by atoms with Gasteiger partial charge in [0.25, 0.3) is 0 Å². The Labute approximate surface area is 147 Å². The maximum absolute atomic E-state index is 12.7. The first kappa shape index (κ1) is 19.4. The molecule has 0 aromatic heterocycles. The van der Waals surface area contributed by atoms with Crippen molar-refractivity contribution in [2.24, 2.45) is 5.41 Å². The number of aromatic carboxylic acids is 1. The summed E-state index contributed by atoms with van der Waals surface area (Å²) < 4.78 is 28.9. The average molecular weight is 369 g/mol. The lowest BCUT2D eigenvalue weighted by Gasteiger charge is -2.40. The zero-order valence-corrected chi connectivity index (χ0v) is 15.2. The van der Waals surface area contributed by atoms with Crippen molar-refractivity contribution < 1.29 is 27.9 Å². The van der Waals surface area contributed by atoms with Crippen LogP contribution in [-0.4, -0.2) is 44.9 Å². The van der Waals surface area contributed by atoms with Gasteiger partial charge in [-0.2, -0.15) is 0 Å². The van der Waals surface area contributed by atoms with Gasteiger partial charge >= 0.3 is 5.97 Å². The molecule has 25 heavy (non-hydrogen) atoms. The van der Waals surface area contributed by atoms with Crippen LogP contribution in [0.5, 0.6) is 0 Å². The molecule has 1 aliphatic rings. The number of ether oxygens (including phenoxy) is 1. The van der Waals surface area contributed by atoms with E-state index in [0.29, 0.717) is 19.6 Å². The first-order valence-electron chi connectivity index (χ1n) is 8.15. The summed E-state index contributed by atoms with van der Waals surface area (Å²) in [6.45, 7) is 2.95. The van der Waals surface area contributed by atoms with Gasteiger partial charge in [-0.3, -0.25) is 4.79 Å². The number of carbonyl (C=O) groups excluding carboxylic acids is 1. The van der Waals surface area contributed by atoms with E-state index in [1.54, 1.807) is 0 Å². The lowest BCUT2D eigenvalue weighted by molar-refractivity contribution is -0.132. The molecule has 8 heteroatoms. The van der Waals surface area contributed by atoms with Crippen LogP contribution >= 0.6 is 0 Å². The van der Waals surface area contributed by atoms with Crippen molar-refractivity contribution >= 4 is 27.4 Å². The van der Waals surface area contributed by atoms with Gasteiger partial charge in [-0.25, -0.2) is 13.2 Å². The van der Waals surface area contributed by atoms with Crippen LogP contribution < -0.4 is 5.32 Å². The van der Waals surface area contributed by atoms with Crippen molar-refractivity contribution in [3.05, 3.63) is 23.8 Å². The van der Waals surface area contributed by atoms with Crippen LogP contribution in [0.25, 0.3) is 0 Å². The van der Waals surface area contributed by atoms with Crippen LogP contribution in [-0.2, 0) is 19.4 Å². The van der Waals surface area contributed by atoms with Crippen LogP contribution in [0.15, 0.2) is 23.1 Å². The number of nitrogens with one attached hydrogen (secondary N) is 1. The molecule has 1 aliphatic carbocycles. The molecular weight excluding hydrogens is 346 g/mol. The predicted octanol–water partition coefficient (Wildman–Crippen LogP) is 2.32. The summed E-state index contributed by atoms with van der Waals surface area (Å²) in [5, 5.41) is 11.9. The monoisotopic (exact) mass is 369 g/mol. The van der Waals surface area contributed by atoms with E-state index >= 15 is 0 Å². The Bertz CT molecular complexity index is 767. The van der Waals surface area contributed by atoms with Gasteiger partial charge in [0.05, 0.1) is 15.9 Å². The molecule has 7 nitrogen and oxygen atoms in total. The number of hydrogen-bond acceptors (Lipinski definition) is 5. The molecule has 0 saturated heterocycles. The summed E-state index contributed by atoms with van der Waals surface area (Å²) in [7, 11) is -3.60. The topological polar surface area (TPSA) is 110 Å². The average Bonchev–Trinajstić information content (AvgIpc) is 2.48. The maximum atomic E-state index is 12.7. The lowest BCUT2D eigenvalue weighted by atomic mass is 9.66. The summed E-state index contributed by atoms with van der Waals surface area (Å²) in [6, 6.07) is 3.64. The van der Waals surface area contributed by atoms with E-state index in [-0.39, 0.29) is 22.1 Å². The third-order valence-corrected chi connectivity index (χ3v) is 5.65. The molecule has 2 rings (SSSR count). The van der Waals surface area contributed by atoms with Crippen LogP contribution in [0.1, 0.15) is 43.0 Å². The molecule has 1 aromatic carbocycles. The molecule has 0 atom stereocenters. The fraction of sp³-hybridized carbons (Fsp3) is 0.529. The maximum Gasteiger partial charge on any atom is 0.335 e. The molecule has 138 valence electrons. The molecular formula is C17H23NO6S. The van der Waals surface area contributed by atoms with E-state index in [0.717, 1.165) is 31.6 Å². The van der Waals surface area contributed by atoms with Gasteiger partial charge in [-0.05, 0) is 44.4 Å². The molecule has 0 unspecified atom stereocenters. The van der Waals surface area contributed by atoms with E-state index in [9.17, 15) is 18.0 Å². The summed E-state index contributed by atoms with van der Waals surface area (Å²) in [5.74, 6) is -1.48. The molecule has 2 N–H and O–H groups in total. The molecule has 0 aliphatic heterocycles. The summed E-state index contributed by atoms with van der Waals surface area (Å²) in [5.41, 5.74) is -0.539. The predicted molar refractivity (Wildman–Crippen MR) is 92.5 cm³/mol. The molecule has 0 heterocycles. The Morgan fingerprint density at radius 2 is 1.96 bits per heavy atom. The minimum atomic E-state index is -3.60. The molecule has 1 aromatic rings. The number of carbonyl (C=O) groups is 2. The first-order chi connectivity index (χ1) is 11.7. The highest BCUT2D eigenvalue weighted by atomic mass is 32.2. The minimum absolute atomic E-state index is 0.139. The fourth-order valence-electron chi connectivity index (χ4n) is 2.88.